The average molecular weight is 453 g/mol. The van der Waals surface area contributed by atoms with E-state index in [1.807, 2.05) is 43.5 Å². The topological polar surface area (TPSA) is 43.4 Å². The van der Waals surface area contributed by atoms with Crippen LogP contribution in [0.5, 0.6) is 5.75 Å². The second kappa shape index (κ2) is 9.88. The lowest BCUT2D eigenvalue weighted by atomic mass is 9.86. The largest absolute Gasteiger partial charge is 0.496 e. The molecule has 4 aromatic carbocycles. The van der Waals surface area contributed by atoms with Crippen molar-refractivity contribution in [3.63, 3.8) is 0 Å². The highest BCUT2D eigenvalue weighted by Crippen LogP contribution is 2.40. The second-order valence-corrected chi connectivity index (χ2v) is 8.49. The summed E-state index contributed by atoms with van der Waals surface area (Å²) in [7, 11) is 1.65. The summed E-state index contributed by atoms with van der Waals surface area (Å²) < 4.78 is 5.59. The molecule has 0 aliphatic rings. The van der Waals surface area contributed by atoms with Gasteiger partial charge in [-0.15, -0.1) is 11.8 Å². The van der Waals surface area contributed by atoms with Crippen LogP contribution in [0, 0.1) is 6.92 Å². The van der Waals surface area contributed by atoms with Crippen LogP contribution in [0.2, 0.25) is 0 Å². The zero-order valence-corrected chi connectivity index (χ0v) is 19.6. The molecular formula is C29H24O3S. The lowest BCUT2D eigenvalue weighted by Gasteiger charge is -2.18. The van der Waals surface area contributed by atoms with Gasteiger partial charge in [0.1, 0.15) is 5.75 Å². The van der Waals surface area contributed by atoms with E-state index in [0.717, 1.165) is 33.6 Å². The summed E-state index contributed by atoms with van der Waals surface area (Å²) in [6, 6.07) is 28.2. The predicted molar refractivity (Wildman–Crippen MR) is 135 cm³/mol. The van der Waals surface area contributed by atoms with Crippen LogP contribution in [-0.2, 0) is 0 Å². The normalized spacial score (nSPS) is 10.6. The third-order valence-corrected chi connectivity index (χ3v) is 6.46. The highest BCUT2D eigenvalue weighted by atomic mass is 32.2. The fourth-order valence-corrected chi connectivity index (χ4v) is 4.44. The smallest absolute Gasteiger partial charge is 0.234 e. The minimum absolute atomic E-state index is 0.385. The van der Waals surface area contributed by atoms with Crippen molar-refractivity contribution < 1.29 is 14.3 Å². The Morgan fingerprint density at radius 2 is 1.39 bits per heavy atom. The summed E-state index contributed by atoms with van der Waals surface area (Å²) in [5.74, 6) is -0.264. The average Bonchev–Trinajstić information content (AvgIpc) is 2.88. The Balaban J connectivity index is 1.89. The van der Waals surface area contributed by atoms with Crippen molar-refractivity contribution in [2.75, 3.05) is 13.4 Å². The van der Waals surface area contributed by atoms with Gasteiger partial charge in [0.05, 0.1) is 7.11 Å². The van der Waals surface area contributed by atoms with Crippen molar-refractivity contribution in [3.05, 3.63) is 108 Å². The van der Waals surface area contributed by atoms with Crippen LogP contribution in [0.3, 0.4) is 0 Å². The van der Waals surface area contributed by atoms with Gasteiger partial charge in [-0.2, -0.15) is 0 Å². The second-order valence-electron chi connectivity index (χ2n) is 7.61. The third kappa shape index (κ3) is 4.48. The first-order valence-electron chi connectivity index (χ1n) is 10.6. The van der Waals surface area contributed by atoms with Gasteiger partial charge in [0.15, 0.2) is 0 Å². The lowest BCUT2D eigenvalue weighted by Crippen LogP contribution is -2.15. The highest BCUT2D eigenvalue weighted by Gasteiger charge is 2.23. The number of thioether (sulfide) groups is 1. The van der Waals surface area contributed by atoms with Crippen molar-refractivity contribution in [2.45, 2.75) is 11.8 Å². The van der Waals surface area contributed by atoms with E-state index < -0.39 is 11.6 Å². The molecule has 0 aliphatic heterocycles. The maximum absolute atomic E-state index is 13.3. The molecule has 0 amide bonds. The van der Waals surface area contributed by atoms with Gasteiger partial charge in [0, 0.05) is 16.0 Å². The Morgan fingerprint density at radius 1 is 0.727 bits per heavy atom. The third-order valence-electron chi connectivity index (χ3n) is 5.72. The molecule has 0 aromatic heterocycles. The van der Waals surface area contributed by atoms with Gasteiger partial charge >= 0.3 is 0 Å². The van der Waals surface area contributed by atoms with Crippen LogP contribution in [0.15, 0.2) is 95.9 Å². The molecule has 0 aliphatic carbocycles. The number of ketones is 2. The first-order valence-corrected chi connectivity index (χ1v) is 11.8. The Kier molecular flexibility index (Phi) is 6.76. The SMILES string of the molecule is COc1ccc(-c2ccccc2C(=O)C(=O)c2ccccc2)c(-c2ccc(SC)cc2)c1C. The molecule has 0 bridgehead atoms. The van der Waals surface area contributed by atoms with Gasteiger partial charge < -0.3 is 4.74 Å². The number of methoxy groups -OCH3 is 1. The molecular weight excluding hydrogens is 428 g/mol. The van der Waals surface area contributed by atoms with E-state index >= 15 is 0 Å². The zero-order valence-electron chi connectivity index (χ0n) is 18.8. The van der Waals surface area contributed by atoms with Crippen molar-refractivity contribution in [1.82, 2.24) is 0 Å². The number of rotatable bonds is 7. The summed E-state index contributed by atoms with van der Waals surface area (Å²) in [5, 5.41) is 0. The molecule has 0 heterocycles. The van der Waals surface area contributed by atoms with E-state index in [4.69, 9.17) is 4.74 Å². The van der Waals surface area contributed by atoms with Crippen LogP contribution < -0.4 is 4.74 Å². The molecule has 3 nitrogen and oxygen atoms in total. The fraction of sp³-hybridized carbons (Fsp3) is 0.103. The molecule has 0 unspecified atom stereocenters. The van der Waals surface area contributed by atoms with Crippen LogP contribution in [0.1, 0.15) is 26.3 Å². The molecule has 0 N–H and O–H groups in total. The Labute approximate surface area is 198 Å². The van der Waals surface area contributed by atoms with Crippen LogP contribution >= 0.6 is 11.8 Å². The van der Waals surface area contributed by atoms with E-state index in [2.05, 4.69) is 24.3 Å². The van der Waals surface area contributed by atoms with Gasteiger partial charge in [0.2, 0.25) is 11.6 Å². The molecule has 4 heteroatoms. The summed E-state index contributed by atoms with van der Waals surface area (Å²) in [6.45, 7) is 2.01. The number of benzene rings is 4. The molecule has 33 heavy (non-hydrogen) atoms. The minimum Gasteiger partial charge on any atom is -0.496 e. The molecule has 0 spiro atoms. The van der Waals surface area contributed by atoms with E-state index in [1.54, 1.807) is 55.3 Å². The van der Waals surface area contributed by atoms with Gasteiger partial charge in [0.25, 0.3) is 0 Å². The molecule has 0 fully saturated rings. The molecule has 4 rings (SSSR count). The van der Waals surface area contributed by atoms with Crippen LogP contribution in [0.4, 0.5) is 0 Å². The monoisotopic (exact) mass is 452 g/mol. The number of ether oxygens (including phenoxy) is 1. The zero-order chi connectivity index (χ0) is 23.4. The van der Waals surface area contributed by atoms with Crippen molar-refractivity contribution in [3.8, 4) is 28.0 Å². The maximum atomic E-state index is 13.3. The molecule has 0 atom stereocenters. The van der Waals surface area contributed by atoms with E-state index in [9.17, 15) is 9.59 Å². The first-order chi connectivity index (χ1) is 16.0. The minimum atomic E-state index is -0.519. The Hall–Kier alpha value is -3.63. The molecule has 0 saturated heterocycles. The standard InChI is InChI=1S/C29H24O3S/c1-19-26(32-2)18-17-24(27(19)20-13-15-22(33-3)16-14-20)23-11-7-8-12-25(23)29(31)28(30)21-9-5-4-6-10-21/h4-18H,1-3H3. The first kappa shape index (κ1) is 22.6. The van der Waals surface area contributed by atoms with E-state index in [0.29, 0.717) is 11.1 Å². The van der Waals surface area contributed by atoms with Crippen molar-refractivity contribution in [1.29, 1.82) is 0 Å². The quantitative estimate of drug-likeness (QED) is 0.170. The van der Waals surface area contributed by atoms with Crippen LogP contribution in [-0.4, -0.2) is 24.9 Å². The number of Topliss-reactive ketones (excluding diaryl/α,β-unsaturated/α-hetero) is 2. The predicted octanol–water partition coefficient (Wildman–Crippen LogP) is 7.13. The van der Waals surface area contributed by atoms with Gasteiger partial charge in [-0.05, 0) is 59.2 Å². The molecule has 164 valence electrons. The van der Waals surface area contributed by atoms with Gasteiger partial charge in [-0.1, -0.05) is 72.8 Å². The lowest BCUT2D eigenvalue weighted by molar-refractivity contribution is 0.0817. The molecule has 0 saturated carbocycles. The summed E-state index contributed by atoms with van der Waals surface area (Å²) >= 11 is 1.69. The fourth-order valence-electron chi connectivity index (χ4n) is 4.03. The van der Waals surface area contributed by atoms with Gasteiger partial charge in [-0.25, -0.2) is 0 Å². The summed E-state index contributed by atoms with van der Waals surface area (Å²) in [6.07, 6.45) is 2.04. The maximum Gasteiger partial charge on any atom is 0.234 e. The van der Waals surface area contributed by atoms with Gasteiger partial charge in [-0.3, -0.25) is 9.59 Å². The number of carbonyl (C=O) groups excluding carboxylic acids is 2. The van der Waals surface area contributed by atoms with E-state index in [-0.39, 0.29) is 0 Å². The number of carbonyl (C=O) groups is 2. The Bertz CT molecular complexity index is 1310. The number of hydrogen-bond acceptors (Lipinski definition) is 4. The Morgan fingerprint density at radius 3 is 2.06 bits per heavy atom. The highest BCUT2D eigenvalue weighted by molar-refractivity contribution is 7.98. The molecule has 0 radical (unpaired) electrons. The van der Waals surface area contributed by atoms with E-state index in [1.165, 1.54) is 4.90 Å². The summed E-state index contributed by atoms with van der Waals surface area (Å²) in [4.78, 5) is 27.4. The molecule has 4 aromatic rings. The van der Waals surface area contributed by atoms with Crippen molar-refractivity contribution >= 4 is 23.3 Å². The van der Waals surface area contributed by atoms with Crippen molar-refractivity contribution in [2.24, 2.45) is 0 Å². The van der Waals surface area contributed by atoms with Crippen LogP contribution in [0.25, 0.3) is 22.3 Å². The number of hydrogen-bond donors (Lipinski definition) is 0. The summed E-state index contributed by atoms with van der Waals surface area (Å²) in [5.41, 5.74) is 5.36.